The fourth-order valence-corrected chi connectivity index (χ4v) is 3.50. The summed E-state index contributed by atoms with van der Waals surface area (Å²) in [5.74, 6) is 0.203. The van der Waals surface area contributed by atoms with Crippen molar-refractivity contribution in [2.24, 2.45) is 11.8 Å². The van der Waals surface area contributed by atoms with E-state index in [1.54, 1.807) is 30.3 Å². The Morgan fingerprint density at radius 2 is 2.04 bits per heavy atom. The number of amides is 3. The van der Waals surface area contributed by atoms with E-state index in [1.807, 2.05) is 6.92 Å². The molecule has 24 heavy (non-hydrogen) atoms. The number of hydrogen-bond donors (Lipinski definition) is 1. The first-order chi connectivity index (χ1) is 11.5. The third-order valence-corrected chi connectivity index (χ3v) is 5.28. The van der Waals surface area contributed by atoms with Crippen LogP contribution in [0.4, 0.5) is 4.79 Å². The van der Waals surface area contributed by atoms with Gasteiger partial charge in [-0.1, -0.05) is 30.7 Å². The van der Waals surface area contributed by atoms with Gasteiger partial charge in [-0.05, 0) is 47.9 Å². The highest BCUT2D eigenvalue weighted by molar-refractivity contribution is 8.18. The number of rotatable bonds is 5. The second-order valence-electron chi connectivity index (χ2n) is 6.00. The van der Waals surface area contributed by atoms with Gasteiger partial charge in [0.05, 0.1) is 4.91 Å². The molecule has 1 saturated carbocycles. The van der Waals surface area contributed by atoms with Crippen LogP contribution in [0.5, 0.6) is 0 Å². The molecule has 7 heteroatoms. The van der Waals surface area contributed by atoms with Gasteiger partial charge in [0.1, 0.15) is 0 Å². The van der Waals surface area contributed by atoms with Gasteiger partial charge in [-0.3, -0.25) is 19.3 Å². The lowest BCUT2D eigenvalue weighted by molar-refractivity contribution is -0.125. The molecule has 0 bridgehead atoms. The largest absolute Gasteiger partial charge is 0.354 e. The molecule has 3 rings (SSSR count). The van der Waals surface area contributed by atoms with Crippen LogP contribution in [0.1, 0.15) is 18.9 Å². The Labute approximate surface area is 149 Å². The Kier molecular flexibility index (Phi) is 4.96. The van der Waals surface area contributed by atoms with Crippen LogP contribution in [-0.2, 0) is 9.59 Å². The number of halogens is 1. The summed E-state index contributed by atoms with van der Waals surface area (Å²) in [7, 11) is 0. The fraction of sp³-hybridized carbons (Fsp3) is 0.353. The zero-order chi connectivity index (χ0) is 17.3. The smallest absolute Gasteiger partial charge is 0.293 e. The summed E-state index contributed by atoms with van der Waals surface area (Å²) in [5, 5.41) is 3.09. The number of carbonyl (C=O) groups excluding carboxylic acids is 3. The molecule has 3 amide bonds. The quantitative estimate of drug-likeness (QED) is 0.815. The van der Waals surface area contributed by atoms with Crippen LogP contribution >= 0.6 is 23.4 Å². The van der Waals surface area contributed by atoms with Gasteiger partial charge in [0.15, 0.2) is 0 Å². The first-order valence-electron chi connectivity index (χ1n) is 7.74. The molecule has 2 fully saturated rings. The summed E-state index contributed by atoms with van der Waals surface area (Å²) in [4.78, 5) is 37.7. The molecule has 1 aromatic carbocycles. The van der Waals surface area contributed by atoms with Crippen LogP contribution in [0.25, 0.3) is 6.08 Å². The van der Waals surface area contributed by atoms with E-state index in [2.05, 4.69) is 5.32 Å². The second kappa shape index (κ2) is 6.99. The molecule has 0 spiro atoms. The molecule has 1 aliphatic carbocycles. The third kappa shape index (κ3) is 3.82. The first kappa shape index (κ1) is 17.0. The molecule has 2 aliphatic rings. The summed E-state index contributed by atoms with van der Waals surface area (Å²) >= 11 is 6.74. The number of nitrogens with one attached hydrogen (secondary N) is 1. The molecule has 2 unspecified atom stereocenters. The van der Waals surface area contributed by atoms with Crippen LogP contribution in [0.3, 0.4) is 0 Å². The standard InChI is InChI=1S/C17H17ClN2O3S/c1-10-8-13(10)15(21)19-6-7-20-16(22)14(24-17(20)23)9-11-2-4-12(18)5-3-11/h2-5,9-10,13H,6-8H2,1H3,(H,19,21). The highest BCUT2D eigenvalue weighted by atomic mass is 35.5. The van der Waals surface area contributed by atoms with Gasteiger partial charge in [0.25, 0.3) is 11.1 Å². The van der Waals surface area contributed by atoms with Crippen molar-refractivity contribution in [1.82, 2.24) is 10.2 Å². The summed E-state index contributed by atoms with van der Waals surface area (Å²) in [6.07, 6.45) is 2.59. The highest BCUT2D eigenvalue weighted by Crippen LogP contribution is 2.37. The van der Waals surface area contributed by atoms with Crippen molar-refractivity contribution in [2.45, 2.75) is 13.3 Å². The molecule has 1 aliphatic heterocycles. The minimum absolute atomic E-state index is 0.00572. The van der Waals surface area contributed by atoms with Crippen molar-refractivity contribution >= 4 is 46.5 Å². The van der Waals surface area contributed by atoms with Crippen molar-refractivity contribution in [3.05, 3.63) is 39.8 Å². The van der Waals surface area contributed by atoms with E-state index >= 15 is 0 Å². The van der Waals surface area contributed by atoms with Crippen LogP contribution < -0.4 is 5.32 Å². The summed E-state index contributed by atoms with van der Waals surface area (Å²) in [5.41, 5.74) is 0.806. The molecule has 1 N–H and O–H groups in total. The number of benzene rings is 1. The maximum absolute atomic E-state index is 12.3. The van der Waals surface area contributed by atoms with Gasteiger partial charge >= 0.3 is 0 Å². The number of imide groups is 1. The Hall–Kier alpha value is -1.79. The number of hydrogen-bond acceptors (Lipinski definition) is 4. The molecule has 126 valence electrons. The van der Waals surface area contributed by atoms with E-state index in [-0.39, 0.29) is 36.1 Å². The van der Waals surface area contributed by atoms with Crippen molar-refractivity contribution < 1.29 is 14.4 Å². The van der Waals surface area contributed by atoms with E-state index in [0.29, 0.717) is 15.8 Å². The van der Waals surface area contributed by atoms with Crippen molar-refractivity contribution in [3.63, 3.8) is 0 Å². The van der Waals surface area contributed by atoms with Gasteiger partial charge in [-0.25, -0.2) is 0 Å². The van der Waals surface area contributed by atoms with Crippen LogP contribution in [0, 0.1) is 11.8 Å². The maximum Gasteiger partial charge on any atom is 0.293 e. The van der Waals surface area contributed by atoms with Crippen molar-refractivity contribution in [1.29, 1.82) is 0 Å². The Morgan fingerprint density at radius 3 is 2.67 bits per heavy atom. The predicted molar refractivity (Wildman–Crippen MR) is 94.4 cm³/mol. The SMILES string of the molecule is CC1CC1C(=O)NCCN1C(=O)SC(=Cc2ccc(Cl)cc2)C1=O. The van der Waals surface area contributed by atoms with Gasteiger partial charge in [-0.15, -0.1) is 0 Å². The van der Waals surface area contributed by atoms with E-state index < -0.39 is 0 Å². The normalized spacial score (nSPS) is 24.6. The number of thioether (sulfide) groups is 1. The van der Waals surface area contributed by atoms with E-state index in [1.165, 1.54) is 4.90 Å². The monoisotopic (exact) mass is 364 g/mol. The summed E-state index contributed by atoms with van der Waals surface area (Å²) in [6, 6.07) is 7.03. The summed E-state index contributed by atoms with van der Waals surface area (Å²) in [6.45, 7) is 2.51. The first-order valence-corrected chi connectivity index (χ1v) is 8.94. The maximum atomic E-state index is 12.3. The zero-order valence-corrected chi connectivity index (χ0v) is 14.7. The van der Waals surface area contributed by atoms with Crippen molar-refractivity contribution in [3.8, 4) is 0 Å². The zero-order valence-electron chi connectivity index (χ0n) is 13.1. The topological polar surface area (TPSA) is 66.5 Å². The third-order valence-electron chi connectivity index (χ3n) is 4.12. The lowest BCUT2D eigenvalue weighted by Gasteiger charge is -2.12. The molecule has 0 aromatic heterocycles. The predicted octanol–water partition coefficient (Wildman–Crippen LogP) is 3.15. The van der Waals surface area contributed by atoms with Crippen LogP contribution in [0.15, 0.2) is 29.2 Å². The number of nitrogens with zero attached hydrogens (tertiary/aromatic N) is 1. The van der Waals surface area contributed by atoms with E-state index in [9.17, 15) is 14.4 Å². The average Bonchev–Trinajstić information content (AvgIpc) is 3.22. The van der Waals surface area contributed by atoms with Gasteiger partial charge < -0.3 is 5.32 Å². The molecule has 1 heterocycles. The molecule has 5 nitrogen and oxygen atoms in total. The second-order valence-corrected chi connectivity index (χ2v) is 7.43. The van der Waals surface area contributed by atoms with Gasteiger partial charge in [-0.2, -0.15) is 0 Å². The molecule has 1 aromatic rings. The van der Waals surface area contributed by atoms with Gasteiger partial charge in [0, 0.05) is 24.0 Å². The minimum Gasteiger partial charge on any atom is -0.354 e. The lowest BCUT2D eigenvalue weighted by Crippen LogP contribution is -2.37. The number of carbonyl (C=O) groups is 3. The molecule has 0 radical (unpaired) electrons. The van der Waals surface area contributed by atoms with Crippen LogP contribution in [-0.4, -0.2) is 35.0 Å². The fourth-order valence-electron chi connectivity index (χ4n) is 2.51. The van der Waals surface area contributed by atoms with E-state index in [4.69, 9.17) is 11.6 Å². The Morgan fingerprint density at radius 1 is 1.38 bits per heavy atom. The Balaban J connectivity index is 1.57. The van der Waals surface area contributed by atoms with Crippen LogP contribution in [0.2, 0.25) is 5.02 Å². The molecule has 2 atom stereocenters. The van der Waals surface area contributed by atoms with Gasteiger partial charge in [0.2, 0.25) is 5.91 Å². The summed E-state index contributed by atoms with van der Waals surface area (Å²) < 4.78 is 0. The minimum atomic E-state index is -0.325. The molecule has 1 saturated heterocycles. The van der Waals surface area contributed by atoms with Crippen molar-refractivity contribution in [2.75, 3.05) is 13.1 Å². The lowest BCUT2D eigenvalue weighted by atomic mass is 10.2. The molecular weight excluding hydrogens is 348 g/mol. The molecular formula is C17H17ClN2O3S. The Bertz CT molecular complexity index is 717. The van der Waals surface area contributed by atoms with E-state index in [0.717, 1.165) is 23.7 Å². The highest BCUT2D eigenvalue weighted by Gasteiger charge is 2.39. The average molecular weight is 365 g/mol.